The largest absolute Gasteiger partial charge is 0.374 e. The van der Waals surface area contributed by atoms with Crippen molar-refractivity contribution in [1.29, 1.82) is 0 Å². The van der Waals surface area contributed by atoms with Gasteiger partial charge in [-0.25, -0.2) is 0 Å². The molecule has 1 N–H and O–H groups in total. The first-order valence-electron chi connectivity index (χ1n) is 6.41. The first-order chi connectivity index (χ1) is 7.85. The third-order valence-corrected chi connectivity index (χ3v) is 4.76. The Hall–Kier alpha value is 0.0100. The summed E-state index contributed by atoms with van der Waals surface area (Å²) in [7, 11) is 0. The lowest BCUT2D eigenvalue weighted by Crippen LogP contribution is -2.47. The van der Waals surface area contributed by atoms with E-state index in [1.807, 2.05) is 11.8 Å². The lowest BCUT2D eigenvalue weighted by atomic mass is 9.90. The van der Waals surface area contributed by atoms with E-state index in [0.29, 0.717) is 6.04 Å². The second-order valence-electron chi connectivity index (χ2n) is 4.84. The van der Waals surface area contributed by atoms with Crippen LogP contribution >= 0.6 is 11.8 Å². The molecule has 92 valence electrons. The highest BCUT2D eigenvalue weighted by molar-refractivity contribution is 7.99. The maximum absolute atomic E-state index is 6.01. The molecule has 2 aliphatic rings. The number of rotatable bonds is 4. The van der Waals surface area contributed by atoms with Crippen molar-refractivity contribution in [3.05, 3.63) is 12.2 Å². The lowest BCUT2D eigenvalue weighted by Gasteiger charge is -2.38. The van der Waals surface area contributed by atoms with E-state index in [2.05, 4.69) is 24.4 Å². The molecule has 0 radical (unpaired) electrons. The van der Waals surface area contributed by atoms with Gasteiger partial charge >= 0.3 is 0 Å². The molecule has 0 aromatic rings. The topological polar surface area (TPSA) is 21.3 Å². The van der Waals surface area contributed by atoms with E-state index in [0.717, 1.165) is 19.6 Å². The second kappa shape index (κ2) is 6.08. The Morgan fingerprint density at radius 2 is 2.50 bits per heavy atom. The standard InChI is InChI=1S/C13H23NOS/c1-2-3-4-7-14-12-5-8-15-13(10-12)6-9-16-11-13/h2-3,12,14H,4-11H2,1H3/b3-2+. The molecule has 0 aromatic heterocycles. The molecule has 0 bridgehead atoms. The molecule has 3 heteroatoms. The molecule has 2 aliphatic heterocycles. The van der Waals surface area contributed by atoms with Gasteiger partial charge in [0, 0.05) is 18.4 Å². The summed E-state index contributed by atoms with van der Waals surface area (Å²) in [6, 6.07) is 0.678. The Balaban J connectivity index is 1.73. The predicted molar refractivity (Wildman–Crippen MR) is 71.1 cm³/mol. The van der Waals surface area contributed by atoms with Crippen LogP contribution in [0, 0.1) is 0 Å². The summed E-state index contributed by atoms with van der Waals surface area (Å²) in [5, 5.41) is 3.67. The lowest BCUT2D eigenvalue weighted by molar-refractivity contribution is -0.0699. The van der Waals surface area contributed by atoms with Gasteiger partial charge in [0.25, 0.3) is 0 Å². The van der Waals surface area contributed by atoms with Crippen LogP contribution in [0.25, 0.3) is 0 Å². The number of nitrogens with one attached hydrogen (secondary N) is 1. The second-order valence-corrected chi connectivity index (χ2v) is 5.94. The number of hydrogen-bond donors (Lipinski definition) is 1. The first-order valence-corrected chi connectivity index (χ1v) is 7.56. The molecule has 0 saturated carbocycles. The van der Waals surface area contributed by atoms with Gasteiger partial charge in [-0.3, -0.25) is 0 Å². The molecule has 2 unspecified atom stereocenters. The maximum atomic E-state index is 6.01. The predicted octanol–water partition coefficient (Wildman–Crippen LogP) is 2.60. The summed E-state index contributed by atoms with van der Waals surface area (Å²) < 4.78 is 6.01. The number of allylic oxidation sites excluding steroid dienone is 1. The van der Waals surface area contributed by atoms with Crippen LogP contribution in [0.2, 0.25) is 0 Å². The number of thioether (sulfide) groups is 1. The molecular formula is C13H23NOS. The summed E-state index contributed by atoms with van der Waals surface area (Å²) >= 11 is 2.05. The van der Waals surface area contributed by atoms with E-state index in [4.69, 9.17) is 4.74 Å². The zero-order valence-electron chi connectivity index (χ0n) is 10.2. The van der Waals surface area contributed by atoms with Gasteiger partial charge < -0.3 is 10.1 Å². The van der Waals surface area contributed by atoms with Crippen molar-refractivity contribution in [3.63, 3.8) is 0 Å². The highest BCUT2D eigenvalue weighted by Crippen LogP contribution is 2.38. The van der Waals surface area contributed by atoms with Gasteiger partial charge in [-0.2, -0.15) is 11.8 Å². The third-order valence-electron chi connectivity index (χ3n) is 3.54. The van der Waals surface area contributed by atoms with Crippen molar-refractivity contribution in [2.75, 3.05) is 24.7 Å². The van der Waals surface area contributed by atoms with Crippen molar-refractivity contribution < 1.29 is 4.74 Å². The average Bonchev–Trinajstić information content (AvgIpc) is 2.73. The Bertz CT molecular complexity index is 236. The van der Waals surface area contributed by atoms with Crippen LogP contribution < -0.4 is 5.32 Å². The Morgan fingerprint density at radius 1 is 1.56 bits per heavy atom. The summed E-state index contributed by atoms with van der Waals surface area (Å²) in [6.45, 7) is 4.14. The van der Waals surface area contributed by atoms with E-state index >= 15 is 0 Å². The summed E-state index contributed by atoms with van der Waals surface area (Å²) in [4.78, 5) is 0. The van der Waals surface area contributed by atoms with Gasteiger partial charge in [0.1, 0.15) is 0 Å². The Morgan fingerprint density at radius 3 is 3.25 bits per heavy atom. The zero-order chi connectivity index (χ0) is 11.3. The van der Waals surface area contributed by atoms with Crippen LogP contribution in [0.15, 0.2) is 12.2 Å². The van der Waals surface area contributed by atoms with E-state index in [1.54, 1.807) is 0 Å². The fourth-order valence-electron chi connectivity index (χ4n) is 2.60. The fourth-order valence-corrected chi connectivity index (χ4v) is 3.98. The summed E-state index contributed by atoms with van der Waals surface area (Å²) in [5.74, 6) is 2.49. The van der Waals surface area contributed by atoms with Gasteiger partial charge in [-0.1, -0.05) is 12.2 Å². The van der Waals surface area contributed by atoms with E-state index in [1.165, 1.54) is 30.8 Å². The van der Waals surface area contributed by atoms with Crippen molar-refractivity contribution in [1.82, 2.24) is 5.32 Å². The van der Waals surface area contributed by atoms with Gasteiger partial charge in [0.2, 0.25) is 0 Å². The molecule has 1 spiro atoms. The minimum Gasteiger partial charge on any atom is -0.374 e. The zero-order valence-corrected chi connectivity index (χ0v) is 11.0. The SMILES string of the molecule is C/C=C/CCNC1CCOC2(CCSC2)C1. The molecule has 2 rings (SSSR count). The molecular weight excluding hydrogens is 218 g/mol. The molecule has 0 aromatic carbocycles. The smallest absolute Gasteiger partial charge is 0.0795 e. The van der Waals surface area contributed by atoms with Crippen molar-refractivity contribution in [3.8, 4) is 0 Å². The van der Waals surface area contributed by atoms with E-state index in [9.17, 15) is 0 Å². The normalized spacial score (nSPS) is 35.2. The van der Waals surface area contributed by atoms with E-state index in [-0.39, 0.29) is 5.60 Å². The van der Waals surface area contributed by atoms with Crippen LogP contribution in [0.3, 0.4) is 0 Å². The molecule has 0 amide bonds. The monoisotopic (exact) mass is 241 g/mol. The summed E-state index contributed by atoms with van der Waals surface area (Å²) in [5.41, 5.74) is 0.223. The quantitative estimate of drug-likeness (QED) is 0.604. The van der Waals surface area contributed by atoms with Gasteiger partial charge in [-0.15, -0.1) is 0 Å². The highest BCUT2D eigenvalue weighted by Gasteiger charge is 2.40. The molecule has 2 saturated heterocycles. The van der Waals surface area contributed by atoms with Crippen LogP contribution in [0.5, 0.6) is 0 Å². The van der Waals surface area contributed by atoms with Crippen LogP contribution in [-0.2, 0) is 4.74 Å². The minimum absolute atomic E-state index is 0.223. The van der Waals surface area contributed by atoms with Crippen LogP contribution in [0.1, 0.15) is 32.6 Å². The van der Waals surface area contributed by atoms with Crippen LogP contribution in [-0.4, -0.2) is 36.3 Å². The molecule has 2 nitrogen and oxygen atoms in total. The van der Waals surface area contributed by atoms with Crippen LogP contribution in [0.4, 0.5) is 0 Å². The third kappa shape index (κ3) is 3.25. The Labute approximate surface area is 103 Å². The van der Waals surface area contributed by atoms with Gasteiger partial charge in [0.15, 0.2) is 0 Å². The first kappa shape index (κ1) is 12.5. The number of hydrogen-bond acceptors (Lipinski definition) is 3. The molecule has 2 atom stereocenters. The van der Waals surface area contributed by atoms with Crippen molar-refractivity contribution >= 4 is 11.8 Å². The minimum atomic E-state index is 0.223. The highest BCUT2D eigenvalue weighted by atomic mass is 32.2. The average molecular weight is 241 g/mol. The molecule has 2 heterocycles. The van der Waals surface area contributed by atoms with Gasteiger partial charge in [-0.05, 0) is 44.9 Å². The van der Waals surface area contributed by atoms with Crippen molar-refractivity contribution in [2.24, 2.45) is 0 Å². The maximum Gasteiger partial charge on any atom is 0.0795 e. The van der Waals surface area contributed by atoms with Crippen molar-refractivity contribution in [2.45, 2.75) is 44.2 Å². The fraction of sp³-hybridized carbons (Fsp3) is 0.846. The molecule has 0 aliphatic carbocycles. The number of ether oxygens (including phenoxy) is 1. The summed E-state index contributed by atoms with van der Waals surface area (Å²) in [6.07, 6.45) is 9.16. The van der Waals surface area contributed by atoms with Gasteiger partial charge in [0.05, 0.1) is 5.60 Å². The molecule has 16 heavy (non-hydrogen) atoms. The molecule has 2 fully saturated rings. The van der Waals surface area contributed by atoms with E-state index < -0.39 is 0 Å². The Kier molecular flexibility index (Phi) is 4.74.